The number of oxazole rings is 1. The molecule has 21 heavy (non-hydrogen) atoms. The summed E-state index contributed by atoms with van der Waals surface area (Å²) in [5, 5.41) is 0.567. The summed E-state index contributed by atoms with van der Waals surface area (Å²) in [7, 11) is 0. The lowest BCUT2D eigenvalue weighted by Gasteiger charge is -2.06. The standard InChI is InChI=1S/C16H17N3O2/c1-10(2)3-6-15-18-13-5-4-11(14-8-17-9-21-14)7-12(13)16(20)19-15/h4-5,7-10H,3,6H2,1-2H3,(H,18,19,20). The molecule has 0 atom stereocenters. The second-order valence-electron chi connectivity index (χ2n) is 5.54. The third kappa shape index (κ3) is 2.86. The van der Waals surface area contributed by atoms with E-state index in [9.17, 15) is 4.79 Å². The van der Waals surface area contributed by atoms with Crippen LogP contribution in [-0.2, 0) is 6.42 Å². The molecule has 2 aromatic heterocycles. The van der Waals surface area contributed by atoms with Gasteiger partial charge in [-0.2, -0.15) is 0 Å². The number of aromatic amines is 1. The zero-order chi connectivity index (χ0) is 14.8. The van der Waals surface area contributed by atoms with E-state index in [1.807, 2.05) is 12.1 Å². The fraction of sp³-hybridized carbons (Fsp3) is 0.312. The fourth-order valence-electron chi connectivity index (χ4n) is 2.24. The number of benzene rings is 1. The van der Waals surface area contributed by atoms with Gasteiger partial charge in [-0.1, -0.05) is 13.8 Å². The maximum Gasteiger partial charge on any atom is 0.258 e. The van der Waals surface area contributed by atoms with Crippen molar-refractivity contribution in [3.8, 4) is 11.3 Å². The average Bonchev–Trinajstić information content (AvgIpc) is 2.99. The maximum atomic E-state index is 12.2. The number of nitrogens with one attached hydrogen (secondary N) is 1. The molecule has 108 valence electrons. The first-order valence-corrected chi connectivity index (χ1v) is 7.05. The van der Waals surface area contributed by atoms with Gasteiger partial charge in [0.25, 0.3) is 5.56 Å². The molecule has 2 heterocycles. The third-order valence-electron chi connectivity index (χ3n) is 3.43. The van der Waals surface area contributed by atoms with Crippen LogP contribution in [0.15, 0.2) is 40.0 Å². The highest BCUT2D eigenvalue weighted by Gasteiger charge is 2.08. The summed E-state index contributed by atoms with van der Waals surface area (Å²) in [4.78, 5) is 23.5. The lowest BCUT2D eigenvalue weighted by Crippen LogP contribution is -2.12. The summed E-state index contributed by atoms with van der Waals surface area (Å²) in [5.41, 5.74) is 1.42. The van der Waals surface area contributed by atoms with Gasteiger partial charge in [0, 0.05) is 12.0 Å². The predicted molar refractivity (Wildman–Crippen MR) is 81.0 cm³/mol. The molecule has 0 saturated heterocycles. The number of rotatable bonds is 4. The van der Waals surface area contributed by atoms with Crippen LogP contribution in [-0.4, -0.2) is 15.0 Å². The molecule has 5 nitrogen and oxygen atoms in total. The molecular weight excluding hydrogens is 266 g/mol. The van der Waals surface area contributed by atoms with E-state index < -0.39 is 0 Å². The second kappa shape index (κ2) is 5.52. The molecule has 0 aliphatic rings. The number of H-pyrrole nitrogens is 1. The van der Waals surface area contributed by atoms with Crippen LogP contribution in [0.3, 0.4) is 0 Å². The van der Waals surface area contributed by atoms with Gasteiger partial charge in [0.2, 0.25) is 0 Å². The number of hydrogen-bond acceptors (Lipinski definition) is 4. The van der Waals surface area contributed by atoms with Gasteiger partial charge >= 0.3 is 0 Å². The molecule has 1 N–H and O–H groups in total. The van der Waals surface area contributed by atoms with Crippen molar-refractivity contribution in [3.63, 3.8) is 0 Å². The Kier molecular flexibility index (Phi) is 3.56. The lowest BCUT2D eigenvalue weighted by atomic mass is 10.1. The maximum absolute atomic E-state index is 12.2. The Balaban J connectivity index is 2.01. The first-order valence-electron chi connectivity index (χ1n) is 7.05. The summed E-state index contributed by atoms with van der Waals surface area (Å²) in [5.74, 6) is 1.97. The minimum atomic E-state index is -0.111. The summed E-state index contributed by atoms with van der Waals surface area (Å²) < 4.78 is 5.25. The molecular formula is C16H17N3O2. The van der Waals surface area contributed by atoms with Gasteiger partial charge in [-0.05, 0) is 30.5 Å². The van der Waals surface area contributed by atoms with Gasteiger partial charge in [0.05, 0.1) is 17.1 Å². The highest BCUT2D eigenvalue weighted by Crippen LogP contribution is 2.21. The summed E-state index contributed by atoms with van der Waals surface area (Å²) in [6, 6.07) is 5.52. The van der Waals surface area contributed by atoms with Crippen LogP contribution in [0.2, 0.25) is 0 Å². The van der Waals surface area contributed by atoms with Crippen molar-refractivity contribution in [2.75, 3.05) is 0 Å². The smallest absolute Gasteiger partial charge is 0.258 e. The van der Waals surface area contributed by atoms with Crippen molar-refractivity contribution in [2.24, 2.45) is 5.92 Å². The normalized spacial score (nSPS) is 11.4. The highest BCUT2D eigenvalue weighted by molar-refractivity contribution is 5.82. The summed E-state index contributed by atoms with van der Waals surface area (Å²) in [6.45, 7) is 4.31. The van der Waals surface area contributed by atoms with Gasteiger partial charge in [-0.3, -0.25) is 4.79 Å². The van der Waals surface area contributed by atoms with E-state index in [-0.39, 0.29) is 5.56 Å². The lowest BCUT2D eigenvalue weighted by molar-refractivity contribution is 0.572. The fourth-order valence-corrected chi connectivity index (χ4v) is 2.24. The quantitative estimate of drug-likeness (QED) is 0.798. The molecule has 1 aromatic carbocycles. The molecule has 5 heteroatoms. The van der Waals surface area contributed by atoms with Gasteiger partial charge in [0.1, 0.15) is 5.82 Å². The number of fused-ring (bicyclic) bond motifs is 1. The molecule has 3 aromatic rings. The number of nitrogens with zero attached hydrogens (tertiary/aromatic N) is 2. The van der Waals surface area contributed by atoms with E-state index in [0.717, 1.165) is 24.2 Å². The van der Waals surface area contributed by atoms with Crippen LogP contribution in [0, 0.1) is 5.92 Å². The minimum Gasteiger partial charge on any atom is -0.444 e. The van der Waals surface area contributed by atoms with E-state index in [4.69, 9.17) is 4.42 Å². The number of hydrogen-bond donors (Lipinski definition) is 1. The third-order valence-corrected chi connectivity index (χ3v) is 3.43. The van der Waals surface area contributed by atoms with Crippen LogP contribution in [0.25, 0.3) is 22.2 Å². The van der Waals surface area contributed by atoms with Crippen molar-refractivity contribution in [1.29, 1.82) is 0 Å². The molecule has 0 spiro atoms. The van der Waals surface area contributed by atoms with Crippen LogP contribution in [0.1, 0.15) is 26.1 Å². The molecule has 0 unspecified atom stereocenters. The van der Waals surface area contributed by atoms with Crippen molar-refractivity contribution in [3.05, 3.63) is 47.0 Å². The van der Waals surface area contributed by atoms with Crippen LogP contribution < -0.4 is 5.56 Å². The molecule has 3 rings (SSSR count). The largest absolute Gasteiger partial charge is 0.444 e. The summed E-state index contributed by atoms with van der Waals surface area (Å²) >= 11 is 0. The van der Waals surface area contributed by atoms with E-state index in [1.165, 1.54) is 6.39 Å². The number of aromatic nitrogens is 3. The first-order chi connectivity index (χ1) is 10.1. The van der Waals surface area contributed by atoms with Crippen molar-refractivity contribution in [1.82, 2.24) is 15.0 Å². The van der Waals surface area contributed by atoms with Crippen molar-refractivity contribution < 1.29 is 4.42 Å². The Morgan fingerprint density at radius 3 is 2.90 bits per heavy atom. The first kappa shape index (κ1) is 13.5. The minimum absolute atomic E-state index is 0.111. The number of aryl methyl sites for hydroxylation is 1. The van der Waals surface area contributed by atoms with Gasteiger partial charge in [0.15, 0.2) is 12.2 Å². The van der Waals surface area contributed by atoms with Crippen LogP contribution in [0.5, 0.6) is 0 Å². The van der Waals surface area contributed by atoms with E-state index >= 15 is 0 Å². The van der Waals surface area contributed by atoms with Gasteiger partial charge in [-0.25, -0.2) is 9.97 Å². The molecule has 0 bridgehead atoms. The van der Waals surface area contributed by atoms with Crippen LogP contribution >= 0.6 is 0 Å². The Labute approximate surface area is 122 Å². The molecule has 0 fully saturated rings. The Hall–Kier alpha value is -2.43. The van der Waals surface area contributed by atoms with Gasteiger partial charge in [-0.15, -0.1) is 0 Å². The van der Waals surface area contributed by atoms with E-state index in [2.05, 4.69) is 28.8 Å². The van der Waals surface area contributed by atoms with Crippen LogP contribution in [0.4, 0.5) is 0 Å². The molecule has 0 aliphatic heterocycles. The second-order valence-corrected chi connectivity index (χ2v) is 5.54. The Bertz CT molecular complexity index is 804. The van der Waals surface area contributed by atoms with Crippen molar-refractivity contribution in [2.45, 2.75) is 26.7 Å². The van der Waals surface area contributed by atoms with E-state index in [1.54, 1.807) is 12.3 Å². The molecule has 0 radical (unpaired) electrons. The topological polar surface area (TPSA) is 71.8 Å². The van der Waals surface area contributed by atoms with E-state index in [0.29, 0.717) is 22.6 Å². The highest BCUT2D eigenvalue weighted by atomic mass is 16.3. The Morgan fingerprint density at radius 1 is 1.33 bits per heavy atom. The molecule has 0 aliphatic carbocycles. The van der Waals surface area contributed by atoms with Gasteiger partial charge < -0.3 is 9.40 Å². The predicted octanol–water partition coefficient (Wildman–Crippen LogP) is 3.17. The zero-order valence-corrected chi connectivity index (χ0v) is 12.1. The Morgan fingerprint density at radius 2 is 2.19 bits per heavy atom. The summed E-state index contributed by atoms with van der Waals surface area (Å²) in [6.07, 6.45) is 4.79. The van der Waals surface area contributed by atoms with Crippen molar-refractivity contribution >= 4 is 10.9 Å². The molecule has 0 saturated carbocycles. The average molecular weight is 283 g/mol. The SMILES string of the molecule is CC(C)CCc1nc2ccc(-c3cnco3)cc2c(=O)[nH]1. The zero-order valence-electron chi connectivity index (χ0n) is 12.1. The molecule has 0 amide bonds. The monoisotopic (exact) mass is 283 g/mol.